The third-order valence-corrected chi connectivity index (χ3v) is 5.29. The molecular formula is C24H23N5O6. The molecule has 0 fully saturated rings. The molecule has 3 rings (SSSR count). The number of non-ortho nitro benzene ring substituents is 1. The molecule has 11 heteroatoms. The van der Waals surface area contributed by atoms with E-state index < -0.39 is 23.4 Å². The van der Waals surface area contributed by atoms with E-state index in [2.05, 4.69) is 16.7 Å². The van der Waals surface area contributed by atoms with Crippen LogP contribution in [0.5, 0.6) is 0 Å². The minimum Gasteiger partial charge on any atom is -0.452 e. The number of anilines is 2. The number of esters is 1. The Morgan fingerprint density at radius 1 is 1.20 bits per heavy atom. The normalized spacial score (nSPS) is 10.3. The molecule has 0 atom stereocenters. The fourth-order valence-corrected chi connectivity index (χ4v) is 3.50. The molecule has 0 bridgehead atoms. The average molecular weight is 477 g/mol. The van der Waals surface area contributed by atoms with Crippen molar-refractivity contribution in [3.8, 4) is 11.8 Å². The number of carbonyl (C=O) groups excluding carboxylic acids is 2. The number of aliphatic hydroxyl groups excluding tert-OH is 1. The van der Waals surface area contributed by atoms with Gasteiger partial charge in [0.15, 0.2) is 6.61 Å². The van der Waals surface area contributed by atoms with Gasteiger partial charge in [0.2, 0.25) is 0 Å². The van der Waals surface area contributed by atoms with Crippen molar-refractivity contribution in [3.63, 3.8) is 0 Å². The summed E-state index contributed by atoms with van der Waals surface area (Å²) in [5.74, 6) is -1.41. The molecular weight excluding hydrogens is 454 g/mol. The average Bonchev–Trinajstić information content (AvgIpc) is 3.09. The predicted octanol–water partition coefficient (Wildman–Crippen LogP) is 3.07. The van der Waals surface area contributed by atoms with Gasteiger partial charge in [-0.1, -0.05) is 18.2 Å². The summed E-state index contributed by atoms with van der Waals surface area (Å²) >= 11 is 0. The van der Waals surface area contributed by atoms with Gasteiger partial charge < -0.3 is 20.5 Å². The molecule has 1 aromatic heterocycles. The first kappa shape index (κ1) is 24.9. The Labute approximate surface area is 200 Å². The highest BCUT2D eigenvalue weighted by atomic mass is 16.6. The first-order chi connectivity index (χ1) is 16.8. The first-order valence-corrected chi connectivity index (χ1v) is 10.6. The topological polar surface area (TPSA) is 160 Å². The SMILES string of the molecule is Cc1c(C#N)c(NC(=O)COC(=O)c2cc([N+](=O)[O-])ccc2NCCO)n(-c2ccccc2)c1C. The van der Waals surface area contributed by atoms with Gasteiger partial charge in [0.05, 0.1) is 22.7 Å². The zero-order chi connectivity index (χ0) is 25.5. The largest absolute Gasteiger partial charge is 0.452 e. The standard InChI is InChI=1S/C24H23N5O6/c1-15-16(2)28(17-6-4-3-5-7-17)23(20(15)13-25)27-22(31)14-35-24(32)19-12-18(29(33)34)8-9-21(19)26-10-11-30/h3-9,12,26,30H,10-11,14H2,1-2H3,(H,27,31). The van der Waals surface area contributed by atoms with Crippen LogP contribution in [0.1, 0.15) is 27.2 Å². The van der Waals surface area contributed by atoms with E-state index in [1.54, 1.807) is 11.5 Å². The number of hydrogen-bond acceptors (Lipinski definition) is 8. The van der Waals surface area contributed by atoms with E-state index in [1.165, 1.54) is 12.1 Å². The maximum atomic E-state index is 12.7. The van der Waals surface area contributed by atoms with Crippen LogP contribution in [-0.4, -0.2) is 46.2 Å². The van der Waals surface area contributed by atoms with Crippen molar-refractivity contribution in [1.82, 2.24) is 4.57 Å². The summed E-state index contributed by atoms with van der Waals surface area (Å²) in [7, 11) is 0. The van der Waals surface area contributed by atoms with E-state index >= 15 is 0 Å². The summed E-state index contributed by atoms with van der Waals surface area (Å²) in [6, 6.07) is 14.8. The van der Waals surface area contributed by atoms with E-state index in [0.717, 1.165) is 17.4 Å². The summed E-state index contributed by atoms with van der Waals surface area (Å²) in [6.45, 7) is 2.78. The molecule has 0 aliphatic rings. The number of aromatic nitrogens is 1. The van der Waals surface area contributed by atoms with E-state index in [9.17, 15) is 25.0 Å². The summed E-state index contributed by atoms with van der Waals surface area (Å²) < 4.78 is 6.83. The Kier molecular flexibility index (Phi) is 7.81. The molecule has 3 N–H and O–H groups in total. The highest BCUT2D eigenvalue weighted by molar-refractivity contribution is 5.99. The van der Waals surface area contributed by atoms with Crippen molar-refractivity contribution in [1.29, 1.82) is 5.26 Å². The maximum Gasteiger partial charge on any atom is 0.341 e. The van der Waals surface area contributed by atoms with Crippen molar-refractivity contribution in [2.24, 2.45) is 0 Å². The van der Waals surface area contributed by atoms with Crippen molar-refractivity contribution < 1.29 is 24.4 Å². The van der Waals surface area contributed by atoms with Crippen molar-refractivity contribution in [2.75, 3.05) is 30.4 Å². The molecule has 0 unspecified atom stereocenters. The lowest BCUT2D eigenvalue weighted by atomic mass is 10.1. The molecule has 11 nitrogen and oxygen atoms in total. The van der Waals surface area contributed by atoms with Crippen LogP contribution in [0, 0.1) is 35.3 Å². The second-order valence-electron chi connectivity index (χ2n) is 7.48. The predicted molar refractivity (Wildman–Crippen MR) is 128 cm³/mol. The Morgan fingerprint density at radius 3 is 2.54 bits per heavy atom. The fourth-order valence-electron chi connectivity index (χ4n) is 3.50. The number of ether oxygens (including phenoxy) is 1. The van der Waals surface area contributed by atoms with Gasteiger partial charge in [0.1, 0.15) is 11.9 Å². The Hall–Kier alpha value is -4.69. The Morgan fingerprint density at radius 2 is 1.91 bits per heavy atom. The van der Waals surface area contributed by atoms with Crippen LogP contribution in [0.25, 0.3) is 5.69 Å². The van der Waals surface area contributed by atoms with Crippen molar-refractivity contribution >= 4 is 29.1 Å². The highest BCUT2D eigenvalue weighted by Gasteiger charge is 2.22. The molecule has 1 heterocycles. The number of carbonyl (C=O) groups is 2. The molecule has 0 spiro atoms. The van der Waals surface area contributed by atoms with E-state index in [1.807, 2.05) is 37.3 Å². The smallest absolute Gasteiger partial charge is 0.341 e. The molecule has 35 heavy (non-hydrogen) atoms. The second-order valence-corrected chi connectivity index (χ2v) is 7.48. The molecule has 0 saturated carbocycles. The Balaban J connectivity index is 1.82. The number of nitrogens with one attached hydrogen (secondary N) is 2. The fraction of sp³-hybridized carbons (Fsp3) is 0.208. The number of nitro benzene ring substituents is 1. The van der Waals surface area contributed by atoms with E-state index in [-0.39, 0.29) is 41.5 Å². The Bertz CT molecular complexity index is 1310. The van der Waals surface area contributed by atoms with Gasteiger partial charge >= 0.3 is 5.97 Å². The minimum atomic E-state index is -0.962. The second kappa shape index (κ2) is 11.0. The minimum absolute atomic E-state index is 0.102. The number of para-hydroxylation sites is 1. The monoisotopic (exact) mass is 477 g/mol. The van der Waals surface area contributed by atoms with Crippen molar-refractivity contribution in [2.45, 2.75) is 13.8 Å². The van der Waals surface area contributed by atoms with Gasteiger partial charge in [0.25, 0.3) is 11.6 Å². The van der Waals surface area contributed by atoms with Gasteiger partial charge in [-0.05, 0) is 37.6 Å². The van der Waals surface area contributed by atoms with Gasteiger partial charge in [-0.3, -0.25) is 19.5 Å². The molecule has 2 aromatic carbocycles. The van der Waals surface area contributed by atoms with E-state index in [4.69, 9.17) is 9.84 Å². The zero-order valence-electron chi connectivity index (χ0n) is 19.1. The van der Waals surface area contributed by atoms with Crippen molar-refractivity contribution in [3.05, 3.63) is 81.0 Å². The molecule has 1 amide bonds. The van der Waals surface area contributed by atoms with E-state index in [0.29, 0.717) is 5.56 Å². The quantitative estimate of drug-likeness (QED) is 0.241. The van der Waals surface area contributed by atoms with Crippen LogP contribution in [-0.2, 0) is 9.53 Å². The molecule has 180 valence electrons. The van der Waals surface area contributed by atoms with Gasteiger partial charge in [-0.25, -0.2) is 4.79 Å². The third-order valence-electron chi connectivity index (χ3n) is 5.29. The molecule has 0 radical (unpaired) electrons. The lowest BCUT2D eigenvalue weighted by Crippen LogP contribution is -2.23. The molecule has 3 aromatic rings. The van der Waals surface area contributed by atoms with Crippen LogP contribution in [0.4, 0.5) is 17.2 Å². The number of benzene rings is 2. The number of aliphatic hydroxyl groups is 1. The van der Waals surface area contributed by atoms with Gasteiger partial charge in [-0.15, -0.1) is 0 Å². The number of amides is 1. The molecule has 0 saturated heterocycles. The van der Waals surface area contributed by atoms with Crippen LogP contribution in [0.3, 0.4) is 0 Å². The van der Waals surface area contributed by atoms with Crippen LogP contribution in [0.15, 0.2) is 48.5 Å². The zero-order valence-corrected chi connectivity index (χ0v) is 19.1. The summed E-state index contributed by atoms with van der Waals surface area (Å²) in [4.78, 5) is 35.8. The lowest BCUT2D eigenvalue weighted by Gasteiger charge is -2.14. The number of nitriles is 1. The number of rotatable bonds is 9. The summed E-state index contributed by atoms with van der Waals surface area (Å²) in [6.07, 6.45) is 0. The van der Waals surface area contributed by atoms with Crippen LogP contribution >= 0.6 is 0 Å². The number of nitrogens with zero attached hydrogens (tertiary/aromatic N) is 3. The first-order valence-electron chi connectivity index (χ1n) is 10.6. The van der Waals surface area contributed by atoms with Crippen LogP contribution < -0.4 is 10.6 Å². The molecule has 0 aliphatic carbocycles. The maximum absolute atomic E-state index is 12.7. The lowest BCUT2D eigenvalue weighted by molar-refractivity contribution is -0.384. The van der Waals surface area contributed by atoms with Gasteiger partial charge in [0, 0.05) is 35.7 Å². The van der Waals surface area contributed by atoms with Gasteiger partial charge in [-0.2, -0.15) is 5.26 Å². The number of nitro groups is 1. The summed E-state index contributed by atoms with van der Waals surface area (Å²) in [5.41, 5.74) is 2.19. The summed E-state index contributed by atoms with van der Waals surface area (Å²) in [5, 5.41) is 35.2. The third kappa shape index (κ3) is 5.45. The number of hydrogen-bond donors (Lipinski definition) is 3. The molecule has 0 aliphatic heterocycles. The van der Waals surface area contributed by atoms with Crippen LogP contribution in [0.2, 0.25) is 0 Å². The highest BCUT2D eigenvalue weighted by Crippen LogP contribution is 2.30.